The summed E-state index contributed by atoms with van der Waals surface area (Å²) in [5.41, 5.74) is 2.45. The first kappa shape index (κ1) is 15.2. The van der Waals surface area contributed by atoms with E-state index in [9.17, 15) is 4.39 Å². The molecule has 1 aromatic carbocycles. The van der Waals surface area contributed by atoms with Crippen molar-refractivity contribution in [3.05, 3.63) is 43.4 Å². The maximum absolute atomic E-state index is 13.9. The second-order valence-corrected chi connectivity index (χ2v) is 7.66. The number of imidazole rings is 1. The van der Waals surface area contributed by atoms with Crippen LogP contribution in [-0.4, -0.2) is 14.5 Å². The number of fused-ring (bicyclic) bond motifs is 1. The molecule has 0 fully saturated rings. The summed E-state index contributed by atoms with van der Waals surface area (Å²) >= 11 is 9.80. The fraction of sp³-hybridized carbons (Fsp3) is 0.286. The van der Waals surface area contributed by atoms with E-state index in [0.717, 1.165) is 27.6 Å². The van der Waals surface area contributed by atoms with Gasteiger partial charge in [-0.05, 0) is 42.5 Å². The van der Waals surface area contributed by atoms with Crippen molar-refractivity contribution in [3.8, 4) is 0 Å². The molecule has 110 valence electrons. The Kier molecular flexibility index (Phi) is 4.20. The number of alkyl halides is 1. The zero-order valence-corrected chi connectivity index (χ0v) is 15.1. The normalized spacial score (nSPS) is 13.0. The van der Waals surface area contributed by atoms with Crippen molar-refractivity contribution in [2.75, 3.05) is 0 Å². The molecule has 7 heteroatoms. The highest BCUT2D eigenvalue weighted by Gasteiger charge is 2.17. The molecule has 0 aliphatic rings. The van der Waals surface area contributed by atoms with Crippen LogP contribution < -0.4 is 0 Å². The number of aromatic nitrogens is 3. The molecule has 0 saturated carbocycles. The van der Waals surface area contributed by atoms with Crippen molar-refractivity contribution in [2.45, 2.75) is 25.8 Å². The topological polar surface area (TPSA) is 30.7 Å². The van der Waals surface area contributed by atoms with Crippen LogP contribution in [0.5, 0.6) is 0 Å². The molecule has 0 aliphatic heterocycles. The van der Waals surface area contributed by atoms with Crippen molar-refractivity contribution < 1.29 is 4.39 Å². The second-order valence-electron chi connectivity index (χ2n) is 4.79. The van der Waals surface area contributed by atoms with Gasteiger partial charge in [-0.2, -0.15) is 0 Å². The Balaban J connectivity index is 2.17. The van der Waals surface area contributed by atoms with Gasteiger partial charge in [-0.15, -0.1) is 22.9 Å². The molecule has 0 aliphatic carbocycles. The van der Waals surface area contributed by atoms with Crippen LogP contribution in [0.4, 0.5) is 4.39 Å². The molecule has 1 atom stereocenters. The van der Waals surface area contributed by atoms with Crippen LogP contribution in [-0.2, 0) is 6.54 Å². The molecular formula is C14H12ClFIN3S. The van der Waals surface area contributed by atoms with Crippen LogP contribution in [0.25, 0.3) is 11.0 Å². The minimum atomic E-state index is -0.252. The van der Waals surface area contributed by atoms with Crippen LogP contribution in [0, 0.1) is 16.3 Å². The lowest BCUT2D eigenvalue weighted by Gasteiger charge is -2.09. The van der Waals surface area contributed by atoms with Crippen LogP contribution >= 0.6 is 45.5 Å². The molecule has 0 bridgehead atoms. The Hall–Kier alpha value is -0.730. The number of hydrogen-bond donors (Lipinski definition) is 0. The van der Waals surface area contributed by atoms with Gasteiger partial charge in [0.2, 0.25) is 0 Å². The van der Waals surface area contributed by atoms with E-state index >= 15 is 0 Å². The maximum atomic E-state index is 13.9. The minimum Gasteiger partial charge on any atom is -0.321 e. The van der Waals surface area contributed by atoms with E-state index in [2.05, 4.69) is 9.97 Å². The van der Waals surface area contributed by atoms with Crippen molar-refractivity contribution in [2.24, 2.45) is 0 Å². The fourth-order valence-electron chi connectivity index (χ4n) is 2.25. The molecule has 0 spiro atoms. The molecular weight excluding hydrogens is 424 g/mol. The Morgan fingerprint density at radius 3 is 2.81 bits per heavy atom. The van der Waals surface area contributed by atoms with E-state index in [1.807, 2.05) is 46.4 Å². The van der Waals surface area contributed by atoms with Gasteiger partial charge < -0.3 is 4.57 Å². The highest BCUT2D eigenvalue weighted by atomic mass is 127. The SMILES string of the molecule is Cc1nc(Cn2c(C(C)Cl)nc3cc(I)c(F)cc32)cs1. The lowest BCUT2D eigenvalue weighted by atomic mass is 10.3. The summed E-state index contributed by atoms with van der Waals surface area (Å²) in [6.07, 6.45) is 0. The maximum Gasteiger partial charge on any atom is 0.138 e. The van der Waals surface area contributed by atoms with E-state index < -0.39 is 0 Å². The monoisotopic (exact) mass is 435 g/mol. The lowest BCUT2D eigenvalue weighted by Crippen LogP contribution is -2.06. The molecule has 2 heterocycles. The summed E-state index contributed by atoms with van der Waals surface area (Å²) in [7, 11) is 0. The van der Waals surface area contributed by atoms with Crippen molar-refractivity contribution in [1.82, 2.24) is 14.5 Å². The van der Waals surface area contributed by atoms with Crippen LogP contribution in [0.1, 0.15) is 28.8 Å². The van der Waals surface area contributed by atoms with Crippen molar-refractivity contribution in [1.29, 1.82) is 0 Å². The molecule has 1 unspecified atom stereocenters. The molecule has 0 saturated heterocycles. The van der Waals surface area contributed by atoms with Gasteiger partial charge in [0.15, 0.2) is 0 Å². The van der Waals surface area contributed by atoms with Crippen LogP contribution in [0.3, 0.4) is 0 Å². The zero-order chi connectivity index (χ0) is 15.1. The molecule has 21 heavy (non-hydrogen) atoms. The average Bonchev–Trinajstić information content (AvgIpc) is 2.96. The number of benzene rings is 1. The first-order valence-electron chi connectivity index (χ1n) is 6.36. The number of rotatable bonds is 3. The third kappa shape index (κ3) is 2.93. The smallest absolute Gasteiger partial charge is 0.138 e. The third-order valence-corrected chi connectivity index (χ3v) is 5.01. The van der Waals surface area contributed by atoms with Gasteiger partial charge in [-0.3, -0.25) is 0 Å². The predicted octanol–water partition coefficient (Wildman–Crippen LogP) is 4.89. The second kappa shape index (κ2) is 5.81. The standard InChI is InChI=1S/C14H12ClFIN3S/c1-7(15)14-19-12-4-11(17)10(16)3-13(12)20(14)5-9-6-21-8(2)18-9/h3-4,6-7H,5H2,1-2H3. The number of nitrogens with zero attached hydrogens (tertiary/aromatic N) is 3. The van der Waals surface area contributed by atoms with Gasteiger partial charge in [-0.1, -0.05) is 0 Å². The molecule has 0 N–H and O–H groups in total. The van der Waals surface area contributed by atoms with Crippen LogP contribution in [0.15, 0.2) is 17.5 Å². The average molecular weight is 436 g/mol. The van der Waals surface area contributed by atoms with Gasteiger partial charge in [0.25, 0.3) is 0 Å². The Morgan fingerprint density at radius 1 is 1.43 bits per heavy atom. The van der Waals surface area contributed by atoms with Crippen LogP contribution in [0.2, 0.25) is 0 Å². The minimum absolute atomic E-state index is 0.243. The largest absolute Gasteiger partial charge is 0.321 e. The van der Waals surface area contributed by atoms with E-state index in [0.29, 0.717) is 10.1 Å². The molecule has 3 nitrogen and oxygen atoms in total. The van der Waals surface area contributed by atoms with Gasteiger partial charge >= 0.3 is 0 Å². The third-order valence-electron chi connectivity index (χ3n) is 3.16. The van der Waals surface area contributed by atoms with E-state index in [4.69, 9.17) is 11.6 Å². The summed E-state index contributed by atoms with van der Waals surface area (Å²) in [5, 5.41) is 2.76. The van der Waals surface area contributed by atoms with Gasteiger partial charge in [0.05, 0.1) is 37.2 Å². The van der Waals surface area contributed by atoms with E-state index in [1.165, 1.54) is 6.07 Å². The van der Waals surface area contributed by atoms with Gasteiger partial charge in [0, 0.05) is 11.4 Å². The summed E-state index contributed by atoms with van der Waals surface area (Å²) in [6, 6.07) is 3.27. The van der Waals surface area contributed by atoms with Gasteiger partial charge in [-0.25, -0.2) is 14.4 Å². The molecule has 0 radical (unpaired) electrons. The Bertz CT molecular complexity index is 812. The predicted molar refractivity (Wildman–Crippen MR) is 92.6 cm³/mol. The highest BCUT2D eigenvalue weighted by Crippen LogP contribution is 2.28. The summed E-state index contributed by atoms with van der Waals surface area (Å²) in [6.45, 7) is 4.38. The quantitative estimate of drug-likeness (QED) is 0.433. The summed E-state index contributed by atoms with van der Waals surface area (Å²) in [4.78, 5) is 9.02. The summed E-state index contributed by atoms with van der Waals surface area (Å²) < 4.78 is 16.4. The fourth-order valence-corrected chi connectivity index (χ4v) is 3.47. The Morgan fingerprint density at radius 2 is 2.19 bits per heavy atom. The highest BCUT2D eigenvalue weighted by molar-refractivity contribution is 14.1. The van der Waals surface area contributed by atoms with E-state index in [-0.39, 0.29) is 11.2 Å². The molecule has 2 aromatic heterocycles. The first-order chi connectivity index (χ1) is 9.95. The Labute approximate surface area is 144 Å². The molecule has 3 rings (SSSR count). The van der Waals surface area contributed by atoms with Gasteiger partial charge in [0.1, 0.15) is 11.6 Å². The van der Waals surface area contributed by atoms with Crippen molar-refractivity contribution >= 4 is 56.6 Å². The zero-order valence-electron chi connectivity index (χ0n) is 11.4. The number of halogens is 3. The summed E-state index contributed by atoms with van der Waals surface area (Å²) in [5.74, 6) is 0.492. The van der Waals surface area contributed by atoms with Crippen molar-refractivity contribution in [3.63, 3.8) is 0 Å². The number of aryl methyl sites for hydroxylation is 1. The lowest BCUT2D eigenvalue weighted by molar-refractivity contribution is 0.620. The molecule has 0 amide bonds. The number of hydrogen-bond acceptors (Lipinski definition) is 3. The molecule has 3 aromatic rings. The first-order valence-corrected chi connectivity index (χ1v) is 8.75. The van der Waals surface area contributed by atoms with E-state index in [1.54, 1.807) is 17.4 Å². The number of thiazole rings is 1.